The van der Waals surface area contributed by atoms with Gasteiger partial charge < -0.3 is 30.9 Å². The summed E-state index contributed by atoms with van der Waals surface area (Å²) >= 11 is 6.96. The Morgan fingerprint density at radius 1 is 1.22 bits per heavy atom. The molecule has 0 bridgehead atoms. The molecule has 1 aromatic heterocycles. The van der Waals surface area contributed by atoms with E-state index in [2.05, 4.69) is 21.3 Å². The molecule has 1 aliphatic heterocycles. The Labute approximate surface area is 215 Å². The van der Waals surface area contributed by atoms with Crippen molar-refractivity contribution in [2.24, 2.45) is 0 Å². The molecular weight excluding hydrogens is 513 g/mol. The van der Waals surface area contributed by atoms with Gasteiger partial charge in [0.2, 0.25) is 5.91 Å². The number of morpholine rings is 1. The molecular formula is C23H25ClFN5O5S. The van der Waals surface area contributed by atoms with Crippen LogP contribution in [-0.4, -0.2) is 62.1 Å². The molecule has 4 rings (SSSR count). The van der Waals surface area contributed by atoms with E-state index >= 15 is 0 Å². The number of amides is 5. The molecule has 192 valence electrons. The number of hydrogen-bond acceptors (Lipinski definition) is 6. The van der Waals surface area contributed by atoms with Crippen LogP contribution in [0.25, 0.3) is 0 Å². The quantitative estimate of drug-likeness (QED) is 0.411. The van der Waals surface area contributed by atoms with E-state index in [-0.39, 0.29) is 43.0 Å². The largest absolute Gasteiger partial charge is 0.370 e. The highest BCUT2D eigenvalue weighted by Crippen LogP contribution is 2.25. The highest BCUT2D eigenvalue weighted by atomic mass is 35.5. The average molecular weight is 538 g/mol. The third-order valence-corrected chi connectivity index (χ3v) is 7.05. The number of thiophene rings is 1. The van der Waals surface area contributed by atoms with Gasteiger partial charge in [-0.2, -0.15) is 0 Å². The van der Waals surface area contributed by atoms with Gasteiger partial charge >= 0.3 is 6.03 Å². The molecule has 13 heteroatoms. The van der Waals surface area contributed by atoms with Gasteiger partial charge in [0, 0.05) is 24.8 Å². The van der Waals surface area contributed by atoms with Crippen molar-refractivity contribution in [1.82, 2.24) is 16.0 Å². The molecule has 1 saturated carbocycles. The van der Waals surface area contributed by atoms with Gasteiger partial charge in [0.25, 0.3) is 11.8 Å². The zero-order valence-electron chi connectivity index (χ0n) is 19.1. The van der Waals surface area contributed by atoms with E-state index < -0.39 is 29.7 Å². The molecule has 1 atom stereocenters. The Morgan fingerprint density at radius 3 is 2.67 bits per heavy atom. The van der Waals surface area contributed by atoms with Crippen molar-refractivity contribution >= 4 is 58.1 Å². The SMILES string of the molecule is O=C(NC1CCC1)N[C@@H](CNC(=O)c1ccc(Cl)s1)C(=O)Nc1ccc(N2CCOCC2=O)c(F)c1. The molecule has 0 radical (unpaired) electrons. The lowest BCUT2D eigenvalue weighted by Gasteiger charge is -2.28. The Bertz CT molecular complexity index is 1160. The highest BCUT2D eigenvalue weighted by molar-refractivity contribution is 7.18. The van der Waals surface area contributed by atoms with Crippen molar-refractivity contribution in [3.63, 3.8) is 0 Å². The number of nitrogens with one attached hydrogen (secondary N) is 4. The van der Waals surface area contributed by atoms with Crippen LogP contribution in [0.3, 0.4) is 0 Å². The average Bonchev–Trinajstić information content (AvgIpc) is 3.26. The van der Waals surface area contributed by atoms with Crippen LogP contribution in [0, 0.1) is 5.82 Å². The highest BCUT2D eigenvalue weighted by Gasteiger charge is 2.27. The van der Waals surface area contributed by atoms with Gasteiger partial charge in [-0.3, -0.25) is 14.4 Å². The number of urea groups is 1. The second-order valence-corrected chi connectivity index (χ2v) is 10.1. The molecule has 4 N–H and O–H groups in total. The smallest absolute Gasteiger partial charge is 0.315 e. The standard InChI is InChI=1S/C23H25ClFN5O5S/c24-19-7-6-18(36-19)22(33)26-11-16(29-23(34)28-13-2-1-3-13)21(32)27-14-4-5-17(15(25)10-14)30-8-9-35-12-20(30)31/h4-7,10,13,16H,1-3,8-9,11-12H2,(H,26,33)(H,27,32)(H2,28,29,34)/t16-/m0/s1. The van der Waals surface area contributed by atoms with Crippen LogP contribution in [0.1, 0.15) is 28.9 Å². The van der Waals surface area contributed by atoms with Crippen molar-refractivity contribution in [1.29, 1.82) is 0 Å². The topological polar surface area (TPSA) is 129 Å². The Balaban J connectivity index is 1.42. The summed E-state index contributed by atoms with van der Waals surface area (Å²) < 4.78 is 20.3. The van der Waals surface area contributed by atoms with Crippen molar-refractivity contribution in [3.05, 3.63) is 45.4 Å². The minimum atomic E-state index is -1.15. The molecule has 36 heavy (non-hydrogen) atoms. The molecule has 5 amide bonds. The second-order valence-electron chi connectivity index (χ2n) is 8.37. The summed E-state index contributed by atoms with van der Waals surface area (Å²) in [5.74, 6) is -2.16. The van der Waals surface area contributed by atoms with Crippen LogP contribution in [0.2, 0.25) is 4.34 Å². The number of carbonyl (C=O) groups is 4. The summed E-state index contributed by atoms with van der Waals surface area (Å²) in [5, 5.41) is 10.5. The normalized spacial score (nSPS) is 16.6. The van der Waals surface area contributed by atoms with Gasteiger partial charge in [-0.15, -0.1) is 11.3 Å². The van der Waals surface area contributed by atoms with Gasteiger partial charge in [-0.25, -0.2) is 9.18 Å². The zero-order chi connectivity index (χ0) is 25.7. The van der Waals surface area contributed by atoms with Gasteiger partial charge in [0.05, 0.1) is 21.5 Å². The molecule has 0 unspecified atom stereocenters. The zero-order valence-corrected chi connectivity index (χ0v) is 20.7. The second kappa shape index (κ2) is 11.7. The molecule has 2 fully saturated rings. The summed E-state index contributed by atoms with van der Waals surface area (Å²) in [6, 6.07) is 5.43. The van der Waals surface area contributed by atoms with Gasteiger partial charge in [-0.05, 0) is 49.6 Å². The van der Waals surface area contributed by atoms with Gasteiger partial charge in [0.1, 0.15) is 18.5 Å². The maximum Gasteiger partial charge on any atom is 0.315 e. The van der Waals surface area contributed by atoms with E-state index in [4.69, 9.17) is 16.3 Å². The first-order chi connectivity index (χ1) is 17.3. The van der Waals surface area contributed by atoms with E-state index in [1.165, 1.54) is 17.0 Å². The van der Waals surface area contributed by atoms with Gasteiger partial charge in [0.15, 0.2) is 0 Å². The summed E-state index contributed by atoms with van der Waals surface area (Å²) in [6.45, 7) is 0.181. The lowest BCUT2D eigenvalue weighted by molar-refractivity contribution is -0.125. The minimum absolute atomic E-state index is 0.0427. The third kappa shape index (κ3) is 6.50. The van der Waals surface area contributed by atoms with E-state index in [0.29, 0.717) is 15.8 Å². The first kappa shape index (κ1) is 25.9. The van der Waals surface area contributed by atoms with Crippen LogP contribution < -0.4 is 26.2 Å². The number of anilines is 2. The lowest BCUT2D eigenvalue weighted by atomic mass is 9.93. The number of halogens is 2. The summed E-state index contributed by atoms with van der Waals surface area (Å²) in [5.41, 5.74) is 0.210. The summed E-state index contributed by atoms with van der Waals surface area (Å²) in [7, 11) is 0. The number of carbonyl (C=O) groups excluding carboxylic acids is 4. The number of hydrogen-bond donors (Lipinski definition) is 4. The first-order valence-corrected chi connectivity index (χ1v) is 12.6. The molecule has 2 aromatic rings. The molecule has 1 aliphatic carbocycles. The van der Waals surface area contributed by atoms with Crippen molar-refractivity contribution in [3.8, 4) is 0 Å². The molecule has 1 saturated heterocycles. The number of rotatable bonds is 8. The van der Waals surface area contributed by atoms with Crippen LogP contribution in [-0.2, 0) is 14.3 Å². The van der Waals surface area contributed by atoms with Crippen LogP contribution in [0.15, 0.2) is 30.3 Å². The summed E-state index contributed by atoms with van der Waals surface area (Å²) in [4.78, 5) is 51.5. The van der Waals surface area contributed by atoms with E-state index in [9.17, 15) is 23.6 Å². The maximum absolute atomic E-state index is 14.8. The van der Waals surface area contributed by atoms with E-state index in [1.807, 2.05) is 0 Å². The van der Waals surface area contributed by atoms with E-state index in [1.54, 1.807) is 12.1 Å². The Hall–Kier alpha value is -3.22. The predicted molar refractivity (Wildman–Crippen MR) is 133 cm³/mol. The van der Waals surface area contributed by atoms with Gasteiger partial charge in [-0.1, -0.05) is 11.6 Å². The minimum Gasteiger partial charge on any atom is -0.370 e. The molecule has 0 spiro atoms. The number of ether oxygens (including phenoxy) is 1. The first-order valence-electron chi connectivity index (χ1n) is 11.4. The Morgan fingerprint density at radius 2 is 2.03 bits per heavy atom. The van der Waals surface area contributed by atoms with Crippen molar-refractivity contribution in [2.45, 2.75) is 31.3 Å². The van der Waals surface area contributed by atoms with Crippen LogP contribution in [0.5, 0.6) is 0 Å². The fraction of sp³-hybridized carbons (Fsp3) is 0.391. The maximum atomic E-state index is 14.8. The van der Waals surface area contributed by atoms with Crippen molar-refractivity contribution < 1.29 is 28.3 Å². The lowest BCUT2D eigenvalue weighted by Crippen LogP contribution is -2.55. The Kier molecular flexibility index (Phi) is 8.39. The number of nitrogens with zero attached hydrogens (tertiary/aromatic N) is 1. The summed E-state index contributed by atoms with van der Waals surface area (Å²) in [6.07, 6.45) is 2.74. The molecule has 2 aliphatic rings. The molecule has 2 heterocycles. The van der Waals surface area contributed by atoms with Crippen LogP contribution >= 0.6 is 22.9 Å². The monoisotopic (exact) mass is 537 g/mol. The fourth-order valence-corrected chi connectivity index (χ4v) is 4.63. The number of benzene rings is 1. The molecule has 10 nitrogen and oxygen atoms in total. The van der Waals surface area contributed by atoms with Crippen molar-refractivity contribution in [2.75, 3.05) is 36.5 Å². The van der Waals surface area contributed by atoms with Crippen LogP contribution in [0.4, 0.5) is 20.6 Å². The molecule has 1 aromatic carbocycles. The third-order valence-electron chi connectivity index (χ3n) is 5.82. The predicted octanol–water partition coefficient (Wildman–Crippen LogP) is 2.49. The fourth-order valence-electron chi connectivity index (χ4n) is 3.67. The van der Waals surface area contributed by atoms with E-state index in [0.717, 1.165) is 36.7 Å².